The summed E-state index contributed by atoms with van der Waals surface area (Å²) in [6.07, 6.45) is 5.13. The summed E-state index contributed by atoms with van der Waals surface area (Å²) in [5.74, 6) is 0.960. The van der Waals surface area contributed by atoms with Crippen molar-refractivity contribution >= 4 is 5.96 Å². The molecule has 0 unspecified atom stereocenters. The molecule has 0 amide bonds. The lowest BCUT2D eigenvalue weighted by Gasteiger charge is -2.21. The fourth-order valence-corrected chi connectivity index (χ4v) is 2.15. The molecule has 0 radical (unpaired) electrons. The number of nitrogens with zero attached hydrogens (tertiary/aromatic N) is 2. The van der Waals surface area contributed by atoms with Gasteiger partial charge in [-0.15, -0.1) is 6.58 Å². The predicted octanol–water partition coefficient (Wildman–Crippen LogP) is 3.01. The van der Waals surface area contributed by atoms with Crippen LogP contribution in [0.5, 0.6) is 0 Å². The van der Waals surface area contributed by atoms with Crippen LogP contribution >= 0.6 is 0 Å². The van der Waals surface area contributed by atoms with Crippen molar-refractivity contribution in [1.29, 1.82) is 0 Å². The van der Waals surface area contributed by atoms with Gasteiger partial charge in [0, 0.05) is 27.2 Å². The van der Waals surface area contributed by atoms with Crippen molar-refractivity contribution in [2.24, 2.45) is 4.99 Å². The number of hydrogen-bond donors (Lipinski definition) is 1. The van der Waals surface area contributed by atoms with E-state index in [2.05, 4.69) is 60.0 Å². The molecule has 0 aliphatic carbocycles. The molecule has 0 bridgehead atoms. The highest BCUT2D eigenvalue weighted by Gasteiger charge is 2.04. The van der Waals surface area contributed by atoms with Crippen LogP contribution in [0.15, 0.2) is 41.9 Å². The third-order valence-electron chi connectivity index (χ3n) is 3.25. The van der Waals surface area contributed by atoms with Gasteiger partial charge in [0.25, 0.3) is 0 Å². The van der Waals surface area contributed by atoms with Gasteiger partial charge >= 0.3 is 0 Å². The molecule has 0 spiro atoms. The molecule has 1 rings (SSSR count). The average molecular weight is 273 g/mol. The van der Waals surface area contributed by atoms with Gasteiger partial charge in [-0.05, 0) is 31.7 Å². The first kappa shape index (κ1) is 16.3. The lowest BCUT2D eigenvalue weighted by molar-refractivity contribution is 0.470. The van der Waals surface area contributed by atoms with Crippen molar-refractivity contribution in [3.63, 3.8) is 0 Å². The summed E-state index contributed by atoms with van der Waals surface area (Å²) in [5, 5.41) is 3.41. The summed E-state index contributed by atoms with van der Waals surface area (Å²) in [4.78, 5) is 6.49. The smallest absolute Gasteiger partial charge is 0.193 e. The van der Waals surface area contributed by atoms with Crippen molar-refractivity contribution in [2.75, 3.05) is 27.2 Å². The zero-order chi connectivity index (χ0) is 14.8. The number of aliphatic imine (C=N–C) groups is 1. The lowest BCUT2D eigenvalue weighted by Crippen LogP contribution is -2.40. The second-order valence-corrected chi connectivity index (χ2v) is 5.07. The highest BCUT2D eigenvalue weighted by molar-refractivity contribution is 5.79. The van der Waals surface area contributed by atoms with Crippen LogP contribution in [0.4, 0.5) is 0 Å². The van der Waals surface area contributed by atoms with E-state index in [-0.39, 0.29) is 0 Å². The summed E-state index contributed by atoms with van der Waals surface area (Å²) < 4.78 is 0. The second-order valence-electron chi connectivity index (χ2n) is 5.07. The number of nitrogens with one attached hydrogen (secondary N) is 1. The lowest BCUT2D eigenvalue weighted by atomic mass is 10.1. The number of benzene rings is 1. The van der Waals surface area contributed by atoms with E-state index in [9.17, 15) is 0 Å². The highest BCUT2D eigenvalue weighted by atomic mass is 15.3. The Balaban J connectivity index is 2.36. The normalized spacial score (nSPS) is 11.2. The Bertz CT molecular complexity index is 438. The van der Waals surface area contributed by atoms with Crippen LogP contribution in [-0.4, -0.2) is 38.0 Å². The quantitative estimate of drug-likeness (QED) is 0.358. The van der Waals surface area contributed by atoms with Gasteiger partial charge in [-0.2, -0.15) is 0 Å². The van der Waals surface area contributed by atoms with E-state index in [1.165, 1.54) is 11.1 Å². The van der Waals surface area contributed by atoms with Crippen LogP contribution in [0, 0.1) is 6.92 Å². The number of unbranched alkanes of at least 4 members (excludes halogenated alkanes) is 1. The molecule has 0 aliphatic rings. The summed E-state index contributed by atoms with van der Waals surface area (Å²) in [6, 6.07) is 8.65. The van der Waals surface area contributed by atoms with Crippen molar-refractivity contribution in [1.82, 2.24) is 10.2 Å². The van der Waals surface area contributed by atoms with E-state index in [1.54, 1.807) is 0 Å². The number of guanidine groups is 1. The third-order valence-corrected chi connectivity index (χ3v) is 3.25. The monoisotopic (exact) mass is 273 g/mol. The van der Waals surface area contributed by atoms with Crippen LogP contribution in [0.2, 0.25) is 0 Å². The minimum Gasteiger partial charge on any atom is -0.356 e. The maximum absolute atomic E-state index is 4.32. The molecule has 0 saturated heterocycles. The largest absolute Gasteiger partial charge is 0.356 e. The molecule has 1 N–H and O–H groups in total. The Hall–Kier alpha value is -1.77. The average Bonchev–Trinajstić information content (AvgIpc) is 2.44. The topological polar surface area (TPSA) is 27.6 Å². The van der Waals surface area contributed by atoms with Gasteiger partial charge in [0.15, 0.2) is 5.96 Å². The van der Waals surface area contributed by atoms with E-state index in [0.29, 0.717) is 0 Å². The molecule has 1 aromatic rings. The predicted molar refractivity (Wildman–Crippen MR) is 88.3 cm³/mol. The maximum Gasteiger partial charge on any atom is 0.193 e. The molecule has 0 fully saturated rings. The van der Waals surface area contributed by atoms with Crippen LogP contribution in [-0.2, 0) is 6.42 Å². The Morgan fingerprint density at radius 2 is 2.25 bits per heavy atom. The van der Waals surface area contributed by atoms with Crippen molar-refractivity contribution < 1.29 is 0 Å². The van der Waals surface area contributed by atoms with Gasteiger partial charge in [-0.3, -0.25) is 4.99 Å². The summed E-state index contributed by atoms with van der Waals surface area (Å²) in [6.45, 7) is 7.78. The van der Waals surface area contributed by atoms with Crippen molar-refractivity contribution in [2.45, 2.75) is 26.2 Å². The maximum atomic E-state index is 4.32. The van der Waals surface area contributed by atoms with Crippen LogP contribution in [0.25, 0.3) is 0 Å². The molecular formula is C17H27N3. The standard InChI is InChI=1S/C17H27N3/c1-5-6-7-13-20(4)17(18-3)19-12-11-16-10-8-9-15(2)14-16/h5,8-10,14H,1,6-7,11-13H2,2-4H3,(H,18,19). The summed E-state index contributed by atoms with van der Waals surface area (Å²) >= 11 is 0. The molecular weight excluding hydrogens is 246 g/mol. The fraction of sp³-hybridized carbons (Fsp3) is 0.471. The first-order chi connectivity index (χ1) is 9.67. The van der Waals surface area contributed by atoms with Gasteiger partial charge < -0.3 is 10.2 Å². The van der Waals surface area contributed by atoms with E-state index in [4.69, 9.17) is 0 Å². The van der Waals surface area contributed by atoms with Crippen LogP contribution in [0.1, 0.15) is 24.0 Å². The number of allylic oxidation sites excluding steroid dienone is 1. The Kier molecular flexibility index (Phi) is 7.48. The molecule has 0 atom stereocenters. The van der Waals surface area contributed by atoms with E-state index < -0.39 is 0 Å². The molecule has 20 heavy (non-hydrogen) atoms. The van der Waals surface area contributed by atoms with E-state index in [1.807, 2.05) is 13.1 Å². The fourth-order valence-electron chi connectivity index (χ4n) is 2.15. The molecule has 0 saturated carbocycles. The first-order valence-electron chi connectivity index (χ1n) is 7.25. The van der Waals surface area contributed by atoms with Gasteiger partial charge in [-0.25, -0.2) is 0 Å². The minimum absolute atomic E-state index is 0.905. The first-order valence-corrected chi connectivity index (χ1v) is 7.25. The zero-order valence-electron chi connectivity index (χ0n) is 13.0. The Labute approximate surface area is 123 Å². The van der Waals surface area contributed by atoms with Crippen LogP contribution in [0.3, 0.4) is 0 Å². The zero-order valence-corrected chi connectivity index (χ0v) is 13.0. The van der Waals surface area contributed by atoms with Gasteiger partial charge in [-0.1, -0.05) is 35.9 Å². The van der Waals surface area contributed by atoms with Crippen LogP contribution < -0.4 is 5.32 Å². The molecule has 0 heterocycles. The SMILES string of the molecule is C=CCCCN(C)C(=NC)NCCc1cccc(C)c1. The van der Waals surface area contributed by atoms with Gasteiger partial charge in [0.1, 0.15) is 0 Å². The minimum atomic E-state index is 0.905. The van der Waals surface area contributed by atoms with Gasteiger partial charge in [0.05, 0.1) is 0 Å². The Morgan fingerprint density at radius 3 is 2.90 bits per heavy atom. The van der Waals surface area contributed by atoms with E-state index >= 15 is 0 Å². The van der Waals surface area contributed by atoms with Crippen molar-refractivity contribution in [3.8, 4) is 0 Å². The van der Waals surface area contributed by atoms with E-state index in [0.717, 1.165) is 38.3 Å². The molecule has 1 aromatic carbocycles. The molecule has 3 nitrogen and oxygen atoms in total. The number of aryl methyl sites for hydroxylation is 1. The second kappa shape index (κ2) is 9.18. The summed E-state index contributed by atoms with van der Waals surface area (Å²) in [7, 11) is 3.91. The molecule has 0 aromatic heterocycles. The highest BCUT2D eigenvalue weighted by Crippen LogP contribution is 2.04. The number of rotatable bonds is 7. The molecule has 0 aliphatic heterocycles. The van der Waals surface area contributed by atoms with Gasteiger partial charge in [0.2, 0.25) is 0 Å². The Morgan fingerprint density at radius 1 is 1.45 bits per heavy atom. The third kappa shape index (κ3) is 5.91. The summed E-state index contributed by atoms with van der Waals surface area (Å²) in [5.41, 5.74) is 2.68. The molecule has 3 heteroatoms. The number of hydrogen-bond acceptors (Lipinski definition) is 1. The van der Waals surface area contributed by atoms with Crippen molar-refractivity contribution in [3.05, 3.63) is 48.0 Å². The molecule has 110 valence electrons.